The van der Waals surface area contributed by atoms with Crippen LogP contribution in [0, 0.1) is 17.6 Å². The van der Waals surface area contributed by atoms with Gasteiger partial charge in [0.1, 0.15) is 23.1 Å². The number of H-pyrrole nitrogens is 1. The van der Waals surface area contributed by atoms with Gasteiger partial charge in [0.15, 0.2) is 4.90 Å². The maximum absolute atomic E-state index is 16.0. The van der Waals surface area contributed by atoms with Crippen LogP contribution < -0.4 is 9.47 Å². The molecule has 244 valence electrons. The summed E-state index contributed by atoms with van der Waals surface area (Å²) in [4.78, 5) is 2.43. The van der Waals surface area contributed by atoms with Gasteiger partial charge in [0.05, 0.1) is 14.2 Å². The highest BCUT2D eigenvalue weighted by Gasteiger charge is 2.32. The first kappa shape index (κ1) is 32.9. The van der Waals surface area contributed by atoms with Crippen molar-refractivity contribution in [1.29, 1.82) is 0 Å². The maximum atomic E-state index is 16.0. The molecule has 0 aliphatic heterocycles. The number of sulfonamides is 1. The van der Waals surface area contributed by atoms with Gasteiger partial charge in [-0.05, 0) is 102 Å². The molecule has 0 amide bonds. The SMILES string of the molecule is COc1ccc(CN(Cc2ccc(OC)cc2)S(=O)(=O)c2c(F)cc(Cc3c(-c4cccc(Br)c4)c[nH]c3CC3CC3)cc2F)cc1. The molecule has 0 spiro atoms. The number of halogens is 3. The van der Waals surface area contributed by atoms with Crippen molar-refractivity contribution in [3.8, 4) is 22.6 Å². The van der Waals surface area contributed by atoms with Crippen molar-refractivity contribution >= 4 is 26.0 Å². The average Bonchev–Trinajstić information content (AvgIpc) is 3.79. The second kappa shape index (κ2) is 14.0. The Balaban J connectivity index is 1.34. The lowest BCUT2D eigenvalue weighted by Crippen LogP contribution is -2.31. The number of hydrogen-bond acceptors (Lipinski definition) is 4. The van der Waals surface area contributed by atoms with Crippen molar-refractivity contribution in [3.63, 3.8) is 0 Å². The Morgan fingerprint density at radius 1 is 0.830 bits per heavy atom. The van der Waals surface area contributed by atoms with Gasteiger partial charge in [0.25, 0.3) is 0 Å². The molecular weight excluding hydrogens is 686 g/mol. The number of rotatable bonds is 13. The Hall–Kier alpha value is -3.99. The van der Waals surface area contributed by atoms with Gasteiger partial charge in [-0.3, -0.25) is 0 Å². The van der Waals surface area contributed by atoms with Crippen LogP contribution in [0.4, 0.5) is 8.78 Å². The van der Waals surface area contributed by atoms with Crippen LogP contribution in [0.5, 0.6) is 11.5 Å². The van der Waals surface area contributed by atoms with Crippen LogP contribution in [0.25, 0.3) is 11.1 Å². The first-order chi connectivity index (χ1) is 22.6. The van der Waals surface area contributed by atoms with Crippen LogP contribution in [0.1, 0.15) is 40.8 Å². The number of nitrogens with zero attached hydrogens (tertiary/aromatic N) is 1. The van der Waals surface area contributed by atoms with E-state index >= 15 is 8.78 Å². The molecule has 1 aromatic heterocycles. The van der Waals surface area contributed by atoms with Gasteiger partial charge in [-0.1, -0.05) is 52.3 Å². The summed E-state index contributed by atoms with van der Waals surface area (Å²) in [6.45, 7) is -0.217. The van der Waals surface area contributed by atoms with Crippen LogP contribution >= 0.6 is 15.9 Å². The number of ether oxygens (including phenoxy) is 2. The molecule has 47 heavy (non-hydrogen) atoms. The van der Waals surface area contributed by atoms with Crippen LogP contribution in [0.2, 0.25) is 0 Å². The summed E-state index contributed by atoms with van der Waals surface area (Å²) < 4.78 is 72.6. The summed E-state index contributed by atoms with van der Waals surface area (Å²) in [5, 5.41) is 0. The van der Waals surface area contributed by atoms with Gasteiger partial charge >= 0.3 is 0 Å². The zero-order valence-electron chi connectivity index (χ0n) is 26.1. The van der Waals surface area contributed by atoms with E-state index in [0.717, 1.165) is 62.6 Å². The molecule has 0 bridgehead atoms. The Kier molecular flexibility index (Phi) is 9.82. The van der Waals surface area contributed by atoms with Gasteiger partial charge in [-0.15, -0.1) is 0 Å². The molecule has 1 aliphatic rings. The van der Waals surface area contributed by atoms with E-state index in [1.165, 1.54) is 14.2 Å². The molecule has 6 rings (SSSR count). The standard InChI is InChI=1S/C37H35BrF2N2O4S/c1-45-30-12-8-25(9-13-30)22-42(23-26-10-14-31(46-2)15-11-26)47(43,44)37-34(39)17-27(18-35(37)40)16-32-33(28-4-3-5-29(38)20-28)21-41-36(32)19-24-6-7-24/h3-5,8-15,17-18,20-21,24,41H,6-7,16,19,22-23H2,1-2H3. The summed E-state index contributed by atoms with van der Waals surface area (Å²) in [7, 11) is -1.56. The zero-order chi connectivity index (χ0) is 33.1. The van der Waals surface area contributed by atoms with Gasteiger partial charge < -0.3 is 14.5 Å². The second-order valence-electron chi connectivity index (χ2n) is 11.9. The Bertz CT molecular complexity index is 1900. The largest absolute Gasteiger partial charge is 0.497 e. The summed E-state index contributed by atoms with van der Waals surface area (Å²) in [6, 6.07) is 23.9. The second-order valence-corrected chi connectivity index (χ2v) is 14.6. The molecule has 1 heterocycles. The van der Waals surface area contributed by atoms with Crippen LogP contribution in [0.3, 0.4) is 0 Å². The number of hydrogen-bond donors (Lipinski definition) is 1. The van der Waals surface area contributed by atoms with Crippen molar-refractivity contribution in [2.45, 2.75) is 43.7 Å². The van der Waals surface area contributed by atoms with E-state index in [1.54, 1.807) is 48.5 Å². The van der Waals surface area contributed by atoms with Gasteiger partial charge in [-0.2, -0.15) is 4.31 Å². The lowest BCUT2D eigenvalue weighted by Gasteiger charge is -2.23. The quantitative estimate of drug-likeness (QED) is 0.132. The summed E-state index contributed by atoms with van der Waals surface area (Å²) in [5.41, 5.74) is 5.52. The molecule has 0 unspecified atom stereocenters. The van der Waals surface area contributed by atoms with E-state index in [0.29, 0.717) is 34.1 Å². The van der Waals surface area contributed by atoms with E-state index in [9.17, 15) is 8.42 Å². The molecule has 0 atom stereocenters. The molecule has 0 radical (unpaired) electrons. The molecule has 1 saturated carbocycles. The fourth-order valence-electron chi connectivity index (χ4n) is 5.79. The highest BCUT2D eigenvalue weighted by atomic mass is 79.9. The molecule has 0 saturated heterocycles. The van der Waals surface area contributed by atoms with Crippen LogP contribution in [-0.4, -0.2) is 31.9 Å². The zero-order valence-corrected chi connectivity index (χ0v) is 28.5. The van der Waals surface area contributed by atoms with Gasteiger partial charge in [0, 0.05) is 41.4 Å². The number of methoxy groups -OCH3 is 2. The van der Waals surface area contributed by atoms with Crippen molar-refractivity contribution in [2.24, 2.45) is 5.92 Å². The van der Waals surface area contributed by atoms with E-state index < -0.39 is 26.6 Å². The fraction of sp³-hybridized carbons (Fsp3) is 0.243. The van der Waals surface area contributed by atoms with Crippen molar-refractivity contribution in [2.75, 3.05) is 14.2 Å². The molecule has 1 fully saturated rings. The monoisotopic (exact) mass is 720 g/mol. The summed E-state index contributed by atoms with van der Waals surface area (Å²) in [5.74, 6) is -0.449. The Labute approximate surface area is 282 Å². The third-order valence-electron chi connectivity index (χ3n) is 8.48. The lowest BCUT2D eigenvalue weighted by atomic mass is 9.95. The first-order valence-corrected chi connectivity index (χ1v) is 17.6. The predicted octanol–water partition coefficient (Wildman–Crippen LogP) is 8.67. The molecule has 5 aromatic rings. The first-order valence-electron chi connectivity index (χ1n) is 15.3. The molecule has 1 aliphatic carbocycles. The molecule has 10 heteroatoms. The third-order valence-corrected chi connectivity index (χ3v) is 10.8. The van der Waals surface area contributed by atoms with Crippen LogP contribution in [0.15, 0.2) is 100 Å². The van der Waals surface area contributed by atoms with E-state index in [2.05, 4.69) is 20.9 Å². The molecule has 4 aromatic carbocycles. The van der Waals surface area contributed by atoms with Crippen molar-refractivity contribution in [1.82, 2.24) is 9.29 Å². The predicted molar refractivity (Wildman–Crippen MR) is 182 cm³/mol. The van der Waals surface area contributed by atoms with Gasteiger partial charge in [-0.25, -0.2) is 17.2 Å². The summed E-state index contributed by atoms with van der Waals surface area (Å²) in [6.07, 6.45) is 5.35. The molecule has 1 N–H and O–H groups in total. The fourth-order valence-corrected chi connectivity index (χ4v) is 7.70. The number of aromatic nitrogens is 1. The topological polar surface area (TPSA) is 71.6 Å². The number of nitrogens with one attached hydrogen (secondary N) is 1. The molecule has 6 nitrogen and oxygen atoms in total. The highest BCUT2D eigenvalue weighted by Crippen LogP contribution is 2.37. The number of aromatic amines is 1. The van der Waals surface area contributed by atoms with Crippen molar-refractivity contribution in [3.05, 3.63) is 135 Å². The Morgan fingerprint density at radius 2 is 1.40 bits per heavy atom. The normalized spacial score (nSPS) is 13.2. The smallest absolute Gasteiger partial charge is 0.249 e. The minimum Gasteiger partial charge on any atom is -0.497 e. The third kappa shape index (κ3) is 7.61. The highest BCUT2D eigenvalue weighted by molar-refractivity contribution is 9.10. The van der Waals surface area contributed by atoms with Gasteiger partial charge in [0.2, 0.25) is 10.0 Å². The Morgan fingerprint density at radius 3 is 1.91 bits per heavy atom. The maximum Gasteiger partial charge on any atom is 0.249 e. The number of benzene rings is 4. The summed E-state index contributed by atoms with van der Waals surface area (Å²) >= 11 is 3.54. The van der Waals surface area contributed by atoms with Crippen LogP contribution in [-0.2, 0) is 36.0 Å². The average molecular weight is 722 g/mol. The molecular formula is C37H35BrF2N2O4S. The van der Waals surface area contributed by atoms with E-state index in [-0.39, 0.29) is 19.5 Å². The van der Waals surface area contributed by atoms with Crippen molar-refractivity contribution < 1.29 is 26.7 Å². The minimum absolute atomic E-state index is 0.108. The van der Waals surface area contributed by atoms with E-state index in [1.807, 2.05) is 30.5 Å². The van der Waals surface area contributed by atoms with E-state index in [4.69, 9.17) is 9.47 Å². The lowest BCUT2D eigenvalue weighted by molar-refractivity contribution is 0.390. The minimum atomic E-state index is -4.63.